The summed E-state index contributed by atoms with van der Waals surface area (Å²) in [5, 5.41) is 6.55. The molecule has 146 valence electrons. The van der Waals surface area contributed by atoms with E-state index in [1.165, 1.54) is 60.6 Å². The van der Waals surface area contributed by atoms with Gasteiger partial charge in [-0.15, -0.1) is 13.2 Å². The Bertz CT molecular complexity index is 968. The molecule has 28 heavy (non-hydrogen) atoms. The normalized spacial score (nSPS) is 11.3. The molecule has 0 atom stereocenters. The second kappa shape index (κ2) is 7.71. The van der Waals surface area contributed by atoms with Gasteiger partial charge in [0, 0.05) is 24.7 Å². The maximum atomic E-state index is 13.1. The zero-order chi connectivity index (χ0) is 20.3. The van der Waals surface area contributed by atoms with Crippen LogP contribution in [-0.2, 0) is 6.54 Å². The molecule has 0 saturated heterocycles. The number of nitrogens with zero attached hydrogens (tertiary/aromatic N) is 2. The molecule has 1 amide bonds. The highest BCUT2D eigenvalue weighted by molar-refractivity contribution is 5.99. The minimum Gasteiger partial charge on any atom is -0.405 e. The smallest absolute Gasteiger partial charge is 0.405 e. The molecule has 0 saturated carbocycles. The van der Waals surface area contributed by atoms with E-state index in [1.807, 2.05) is 0 Å². The summed E-state index contributed by atoms with van der Waals surface area (Å²) in [4.78, 5) is 14.0. The van der Waals surface area contributed by atoms with Crippen LogP contribution in [0.1, 0.15) is 15.9 Å². The number of hydrogen-bond acceptors (Lipinski definition) is 3. The average Bonchev–Trinajstić information content (AvgIpc) is 3.11. The van der Waals surface area contributed by atoms with Crippen LogP contribution in [0, 0.1) is 5.82 Å². The lowest BCUT2D eigenvalue weighted by Crippen LogP contribution is -2.27. The lowest BCUT2D eigenvalue weighted by Gasteiger charge is -2.20. The molecule has 0 fully saturated rings. The van der Waals surface area contributed by atoms with Crippen LogP contribution in [0.2, 0.25) is 0 Å². The SMILES string of the molecule is CN(Cc1ccccc1OC(F)(F)F)C(=O)c1cn[nH]c1-c1ccc(F)cc1. The molecule has 0 aliphatic rings. The maximum Gasteiger partial charge on any atom is 0.573 e. The molecule has 3 rings (SSSR count). The molecule has 0 bridgehead atoms. The van der Waals surface area contributed by atoms with Crippen LogP contribution in [-0.4, -0.2) is 34.4 Å². The fraction of sp³-hybridized carbons (Fsp3) is 0.158. The number of para-hydroxylation sites is 1. The molecule has 2 aromatic carbocycles. The first kappa shape index (κ1) is 19.4. The summed E-state index contributed by atoms with van der Waals surface area (Å²) in [5.41, 5.74) is 1.35. The predicted octanol–water partition coefficient (Wildman–Crippen LogP) is 4.39. The van der Waals surface area contributed by atoms with Crippen molar-refractivity contribution in [2.45, 2.75) is 12.9 Å². The van der Waals surface area contributed by atoms with Crippen LogP contribution in [0.4, 0.5) is 17.6 Å². The third-order valence-electron chi connectivity index (χ3n) is 3.96. The van der Waals surface area contributed by atoms with Crippen LogP contribution in [0.3, 0.4) is 0 Å². The Morgan fingerprint density at radius 1 is 1.14 bits per heavy atom. The number of nitrogens with one attached hydrogen (secondary N) is 1. The molecule has 9 heteroatoms. The Morgan fingerprint density at radius 2 is 1.82 bits per heavy atom. The zero-order valence-electron chi connectivity index (χ0n) is 14.6. The lowest BCUT2D eigenvalue weighted by molar-refractivity contribution is -0.275. The Morgan fingerprint density at radius 3 is 2.50 bits per heavy atom. The van der Waals surface area contributed by atoms with Gasteiger partial charge in [-0.25, -0.2) is 4.39 Å². The third-order valence-corrected chi connectivity index (χ3v) is 3.96. The van der Waals surface area contributed by atoms with Gasteiger partial charge in [-0.3, -0.25) is 9.89 Å². The fourth-order valence-corrected chi connectivity index (χ4v) is 2.68. The van der Waals surface area contributed by atoms with Gasteiger partial charge >= 0.3 is 6.36 Å². The molecular weight excluding hydrogens is 378 g/mol. The van der Waals surface area contributed by atoms with Gasteiger partial charge in [-0.05, 0) is 30.3 Å². The average molecular weight is 393 g/mol. The van der Waals surface area contributed by atoms with Crippen LogP contribution in [0.25, 0.3) is 11.3 Å². The number of ether oxygens (including phenoxy) is 1. The first-order valence-electron chi connectivity index (χ1n) is 8.13. The summed E-state index contributed by atoms with van der Waals surface area (Å²) in [7, 11) is 1.45. The van der Waals surface area contributed by atoms with Crippen molar-refractivity contribution in [1.29, 1.82) is 0 Å². The van der Waals surface area contributed by atoms with Gasteiger partial charge in [0.2, 0.25) is 0 Å². The summed E-state index contributed by atoms with van der Waals surface area (Å²) < 4.78 is 54.8. The first-order valence-corrected chi connectivity index (χ1v) is 8.13. The Kier molecular flexibility index (Phi) is 5.34. The molecule has 0 unspecified atom stereocenters. The number of carbonyl (C=O) groups is 1. The summed E-state index contributed by atoms with van der Waals surface area (Å²) in [6.45, 7) is -0.112. The summed E-state index contributed by atoms with van der Waals surface area (Å²) in [6, 6.07) is 11.1. The minimum absolute atomic E-state index is 0.112. The number of halogens is 4. The lowest BCUT2D eigenvalue weighted by atomic mass is 10.1. The maximum absolute atomic E-state index is 13.1. The van der Waals surface area contributed by atoms with Crippen molar-refractivity contribution in [2.75, 3.05) is 7.05 Å². The molecule has 3 aromatic rings. The Balaban J connectivity index is 1.82. The van der Waals surface area contributed by atoms with Crippen molar-refractivity contribution in [1.82, 2.24) is 15.1 Å². The van der Waals surface area contributed by atoms with E-state index in [0.29, 0.717) is 11.3 Å². The van der Waals surface area contributed by atoms with Crippen molar-refractivity contribution in [3.63, 3.8) is 0 Å². The molecule has 5 nitrogen and oxygen atoms in total. The number of hydrogen-bond donors (Lipinski definition) is 1. The van der Waals surface area contributed by atoms with Crippen LogP contribution >= 0.6 is 0 Å². The van der Waals surface area contributed by atoms with E-state index in [4.69, 9.17) is 0 Å². The largest absolute Gasteiger partial charge is 0.573 e. The van der Waals surface area contributed by atoms with Crippen LogP contribution in [0.5, 0.6) is 5.75 Å². The standard InChI is InChI=1S/C19H15F4N3O2/c1-26(11-13-4-2-3-5-16(13)28-19(21,22)23)18(27)15-10-24-25-17(15)12-6-8-14(20)9-7-12/h2-10H,11H2,1H3,(H,24,25). The van der Waals surface area contributed by atoms with Gasteiger partial charge in [-0.2, -0.15) is 5.10 Å². The molecule has 1 heterocycles. The fourth-order valence-electron chi connectivity index (χ4n) is 2.68. The topological polar surface area (TPSA) is 58.2 Å². The monoisotopic (exact) mass is 393 g/mol. The molecule has 0 aliphatic carbocycles. The minimum atomic E-state index is -4.83. The number of alkyl halides is 3. The predicted molar refractivity (Wildman–Crippen MR) is 92.9 cm³/mol. The van der Waals surface area contributed by atoms with Gasteiger partial charge in [-0.1, -0.05) is 18.2 Å². The summed E-state index contributed by atoms with van der Waals surface area (Å²) in [5.74, 6) is -1.26. The van der Waals surface area contributed by atoms with E-state index in [1.54, 1.807) is 6.07 Å². The summed E-state index contributed by atoms with van der Waals surface area (Å²) >= 11 is 0. The number of aromatic amines is 1. The van der Waals surface area contributed by atoms with Gasteiger partial charge in [0.05, 0.1) is 17.5 Å². The Labute approximate surface area is 157 Å². The number of benzene rings is 2. The van der Waals surface area contributed by atoms with Crippen molar-refractivity contribution in [2.24, 2.45) is 0 Å². The van der Waals surface area contributed by atoms with Crippen molar-refractivity contribution >= 4 is 5.91 Å². The highest BCUT2D eigenvalue weighted by Gasteiger charge is 2.32. The molecule has 0 aliphatic heterocycles. The van der Waals surface area contributed by atoms with Crippen molar-refractivity contribution in [3.05, 3.63) is 71.7 Å². The van der Waals surface area contributed by atoms with Gasteiger partial charge in [0.1, 0.15) is 11.6 Å². The first-order chi connectivity index (χ1) is 13.2. The van der Waals surface area contributed by atoms with Gasteiger partial charge in [0.15, 0.2) is 0 Å². The second-order valence-electron chi connectivity index (χ2n) is 5.98. The van der Waals surface area contributed by atoms with Gasteiger partial charge in [0.25, 0.3) is 5.91 Å². The van der Waals surface area contributed by atoms with Crippen LogP contribution < -0.4 is 4.74 Å². The van der Waals surface area contributed by atoms with Crippen molar-refractivity contribution in [3.8, 4) is 17.0 Å². The van der Waals surface area contributed by atoms with Crippen LogP contribution in [0.15, 0.2) is 54.7 Å². The number of H-pyrrole nitrogens is 1. The molecule has 1 N–H and O–H groups in total. The van der Waals surface area contributed by atoms with Gasteiger partial charge < -0.3 is 9.64 Å². The van der Waals surface area contributed by atoms with E-state index in [-0.39, 0.29) is 23.4 Å². The molecule has 0 spiro atoms. The second-order valence-corrected chi connectivity index (χ2v) is 5.98. The van der Waals surface area contributed by atoms with E-state index in [0.717, 1.165) is 0 Å². The highest BCUT2D eigenvalue weighted by atomic mass is 19.4. The summed E-state index contributed by atoms with van der Waals surface area (Å²) in [6.07, 6.45) is -3.52. The number of amides is 1. The molecule has 1 aromatic heterocycles. The number of aromatic nitrogens is 2. The number of carbonyl (C=O) groups excluding carboxylic acids is 1. The molecule has 0 radical (unpaired) electrons. The third kappa shape index (κ3) is 4.48. The Hall–Kier alpha value is -3.36. The highest BCUT2D eigenvalue weighted by Crippen LogP contribution is 2.28. The van der Waals surface area contributed by atoms with E-state index in [9.17, 15) is 22.4 Å². The quantitative estimate of drug-likeness (QED) is 0.655. The number of rotatable bonds is 5. The molecular formula is C19H15F4N3O2. The van der Waals surface area contributed by atoms with E-state index in [2.05, 4.69) is 14.9 Å². The van der Waals surface area contributed by atoms with E-state index < -0.39 is 18.1 Å². The van der Waals surface area contributed by atoms with Crippen molar-refractivity contribution < 1.29 is 27.1 Å². The van der Waals surface area contributed by atoms with E-state index >= 15 is 0 Å². The zero-order valence-corrected chi connectivity index (χ0v) is 14.6.